The quantitative estimate of drug-likeness (QED) is 0.890. The van der Waals surface area contributed by atoms with E-state index in [9.17, 15) is 4.79 Å². The summed E-state index contributed by atoms with van der Waals surface area (Å²) < 4.78 is 11.0. The van der Waals surface area contributed by atoms with Crippen LogP contribution in [0.25, 0.3) is 0 Å². The fourth-order valence-electron chi connectivity index (χ4n) is 3.43. The van der Waals surface area contributed by atoms with Crippen molar-refractivity contribution in [3.05, 3.63) is 52.9 Å². The van der Waals surface area contributed by atoms with Crippen LogP contribution in [-0.2, 0) is 4.74 Å². The summed E-state index contributed by atoms with van der Waals surface area (Å²) in [6.45, 7) is 6.31. The first kappa shape index (κ1) is 17.5. The highest BCUT2D eigenvalue weighted by Crippen LogP contribution is 2.28. The average Bonchev–Trinajstić information content (AvgIpc) is 2.94. The monoisotopic (exact) mass is 343 g/mol. The number of aryl methyl sites for hydroxylation is 2. The summed E-state index contributed by atoms with van der Waals surface area (Å²) in [4.78, 5) is 12.4. The SMILES string of the molecule is Cc1noc(C)c1[C@H](C)NC(=O)N[C@@H]1CCO[C@@H](c2ccccc2)C1. The van der Waals surface area contributed by atoms with Gasteiger partial charge in [-0.2, -0.15) is 0 Å². The normalized spacial score (nSPS) is 21.6. The molecular weight excluding hydrogens is 318 g/mol. The zero-order valence-corrected chi connectivity index (χ0v) is 14.9. The molecule has 0 unspecified atom stereocenters. The van der Waals surface area contributed by atoms with E-state index in [0.717, 1.165) is 35.4 Å². The molecule has 0 aliphatic carbocycles. The topological polar surface area (TPSA) is 76.4 Å². The largest absolute Gasteiger partial charge is 0.373 e. The number of carbonyl (C=O) groups is 1. The van der Waals surface area contributed by atoms with E-state index in [4.69, 9.17) is 9.26 Å². The van der Waals surface area contributed by atoms with E-state index >= 15 is 0 Å². The summed E-state index contributed by atoms with van der Waals surface area (Å²) in [5.74, 6) is 0.737. The maximum absolute atomic E-state index is 12.4. The van der Waals surface area contributed by atoms with Crippen LogP contribution in [0.4, 0.5) is 4.79 Å². The summed E-state index contributed by atoms with van der Waals surface area (Å²) in [5, 5.41) is 9.98. The number of ether oxygens (including phenoxy) is 1. The van der Waals surface area contributed by atoms with Crippen molar-refractivity contribution >= 4 is 6.03 Å². The van der Waals surface area contributed by atoms with Gasteiger partial charge >= 0.3 is 6.03 Å². The van der Waals surface area contributed by atoms with E-state index in [1.54, 1.807) is 0 Å². The van der Waals surface area contributed by atoms with Crippen LogP contribution in [0.1, 0.15) is 54.5 Å². The van der Waals surface area contributed by atoms with E-state index in [1.807, 2.05) is 39.0 Å². The standard InChI is InChI=1S/C19H25N3O3/c1-12(18-13(2)22-25-14(18)3)20-19(23)21-16-9-10-24-17(11-16)15-7-5-4-6-8-15/h4-8,12,16-17H,9-11H2,1-3H3,(H2,20,21,23)/t12-,16+,17+/m0/s1. The Morgan fingerprint density at radius 2 is 2.04 bits per heavy atom. The molecule has 3 atom stereocenters. The number of hydrogen-bond acceptors (Lipinski definition) is 4. The highest BCUT2D eigenvalue weighted by atomic mass is 16.5. The molecule has 1 aromatic carbocycles. The molecule has 25 heavy (non-hydrogen) atoms. The summed E-state index contributed by atoms with van der Waals surface area (Å²) in [7, 11) is 0. The molecule has 1 aliphatic heterocycles. The number of carbonyl (C=O) groups excluding carboxylic acids is 1. The van der Waals surface area contributed by atoms with Gasteiger partial charge in [-0.1, -0.05) is 35.5 Å². The van der Waals surface area contributed by atoms with Crippen molar-refractivity contribution in [3.63, 3.8) is 0 Å². The molecule has 1 fully saturated rings. The number of benzene rings is 1. The van der Waals surface area contributed by atoms with Gasteiger partial charge in [-0.25, -0.2) is 4.79 Å². The Kier molecular flexibility index (Phi) is 5.38. The molecule has 3 rings (SSSR count). The van der Waals surface area contributed by atoms with Crippen LogP contribution >= 0.6 is 0 Å². The number of rotatable bonds is 4. The van der Waals surface area contributed by atoms with E-state index < -0.39 is 0 Å². The van der Waals surface area contributed by atoms with Gasteiger partial charge < -0.3 is 19.9 Å². The van der Waals surface area contributed by atoms with E-state index in [2.05, 4.69) is 27.9 Å². The molecule has 0 spiro atoms. The van der Waals surface area contributed by atoms with Gasteiger partial charge in [0.05, 0.1) is 17.8 Å². The summed E-state index contributed by atoms with van der Waals surface area (Å²) in [6.07, 6.45) is 1.62. The molecule has 1 saturated heterocycles. The molecule has 6 nitrogen and oxygen atoms in total. The van der Waals surface area contributed by atoms with Crippen molar-refractivity contribution in [1.82, 2.24) is 15.8 Å². The molecule has 134 valence electrons. The molecule has 2 aromatic rings. The lowest BCUT2D eigenvalue weighted by Crippen LogP contribution is -2.45. The Morgan fingerprint density at radius 1 is 1.28 bits per heavy atom. The van der Waals surface area contributed by atoms with E-state index in [-0.39, 0.29) is 24.2 Å². The van der Waals surface area contributed by atoms with E-state index in [0.29, 0.717) is 6.61 Å². The van der Waals surface area contributed by atoms with Gasteiger partial charge in [0.25, 0.3) is 0 Å². The van der Waals surface area contributed by atoms with Gasteiger partial charge in [0, 0.05) is 18.2 Å². The van der Waals surface area contributed by atoms with Crippen LogP contribution in [0.5, 0.6) is 0 Å². The Balaban J connectivity index is 1.56. The molecule has 0 saturated carbocycles. The fourth-order valence-corrected chi connectivity index (χ4v) is 3.43. The predicted molar refractivity (Wildman–Crippen MR) is 94.2 cm³/mol. The van der Waals surface area contributed by atoms with Crippen LogP contribution < -0.4 is 10.6 Å². The van der Waals surface area contributed by atoms with Crippen LogP contribution in [0.2, 0.25) is 0 Å². The van der Waals surface area contributed by atoms with Gasteiger partial charge in [0.1, 0.15) is 5.76 Å². The Hall–Kier alpha value is -2.34. The highest BCUT2D eigenvalue weighted by molar-refractivity contribution is 5.74. The number of amides is 2. The van der Waals surface area contributed by atoms with Gasteiger partial charge in [0.2, 0.25) is 0 Å². The molecule has 0 radical (unpaired) electrons. The number of nitrogens with one attached hydrogen (secondary N) is 2. The van der Waals surface area contributed by atoms with Gasteiger partial charge in [0.15, 0.2) is 0 Å². The van der Waals surface area contributed by atoms with Crippen LogP contribution in [0, 0.1) is 13.8 Å². The van der Waals surface area contributed by atoms with Crippen molar-refractivity contribution in [2.45, 2.75) is 51.8 Å². The van der Waals surface area contributed by atoms with Crippen molar-refractivity contribution in [3.8, 4) is 0 Å². The third-order valence-corrected chi connectivity index (χ3v) is 4.66. The minimum atomic E-state index is -0.175. The first-order chi connectivity index (χ1) is 12.0. The molecular formula is C19H25N3O3. The lowest BCUT2D eigenvalue weighted by Gasteiger charge is -2.30. The maximum Gasteiger partial charge on any atom is 0.315 e. The van der Waals surface area contributed by atoms with Gasteiger partial charge in [-0.15, -0.1) is 0 Å². The first-order valence-corrected chi connectivity index (χ1v) is 8.71. The second-order valence-electron chi connectivity index (χ2n) is 6.57. The Morgan fingerprint density at radius 3 is 2.72 bits per heavy atom. The number of hydrogen-bond donors (Lipinski definition) is 2. The molecule has 0 bridgehead atoms. The Bertz CT molecular complexity index is 694. The minimum absolute atomic E-state index is 0.0280. The number of aromatic nitrogens is 1. The van der Waals surface area contributed by atoms with E-state index in [1.165, 1.54) is 0 Å². The van der Waals surface area contributed by atoms with Crippen LogP contribution in [-0.4, -0.2) is 23.8 Å². The van der Waals surface area contributed by atoms with Gasteiger partial charge in [-0.3, -0.25) is 0 Å². The predicted octanol–water partition coefficient (Wildman–Crippen LogP) is 3.57. The molecule has 1 aromatic heterocycles. The third-order valence-electron chi connectivity index (χ3n) is 4.66. The first-order valence-electron chi connectivity index (χ1n) is 8.71. The third kappa shape index (κ3) is 4.20. The van der Waals surface area contributed by atoms with Crippen molar-refractivity contribution < 1.29 is 14.1 Å². The van der Waals surface area contributed by atoms with Crippen LogP contribution in [0.3, 0.4) is 0 Å². The minimum Gasteiger partial charge on any atom is -0.373 e. The Labute approximate surface area is 147 Å². The molecule has 1 aliphatic rings. The summed E-state index contributed by atoms with van der Waals surface area (Å²) >= 11 is 0. The number of nitrogens with zero attached hydrogens (tertiary/aromatic N) is 1. The van der Waals surface area contributed by atoms with Gasteiger partial charge in [-0.05, 0) is 39.2 Å². The smallest absolute Gasteiger partial charge is 0.315 e. The maximum atomic E-state index is 12.4. The highest BCUT2D eigenvalue weighted by Gasteiger charge is 2.26. The van der Waals surface area contributed by atoms with Crippen molar-refractivity contribution in [1.29, 1.82) is 0 Å². The summed E-state index contributed by atoms with van der Waals surface area (Å²) in [5.41, 5.74) is 2.89. The second kappa shape index (κ2) is 7.70. The molecule has 6 heteroatoms. The van der Waals surface area contributed by atoms with Crippen molar-refractivity contribution in [2.75, 3.05) is 6.61 Å². The second-order valence-corrected chi connectivity index (χ2v) is 6.57. The lowest BCUT2D eigenvalue weighted by molar-refractivity contribution is 0.00222. The molecule has 2 N–H and O–H groups in total. The van der Waals surface area contributed by atoms with Crippen LogP contribution in [0.15, 0.2) is 34.9 Å². The molecule has 2 amide bonds. The average molecular weight is 343 g/mol. The summed E-state index contributed by atoms with van der Waals surface area (Å²) in [6, 6.07) is 9.89. The molecule has 2 heterocycles. The zero-order chi connectivity index (χ0) is 17.8. The lowest BCUT2D eigenvalue weighted by atomic mass is 9.97. The fraction of sp³-hybridized carbons (Fsp3) is 0.474. The van der Waals surface area contributed by atoms with Crippen molar-refractivity contribution in [2.24, 2.45) is 0 Å². The zero-order valence-electron chi connectivity index (χ0n) is 14.9. The number of urea groups is 1.